The molecule has 0 atom stereocenters. The Morgan fingerprint density at radius 1 is 0.906 bits per heavy atom. The van der Waals surface area contributed by atoms with Gasteiger partial charge < -0.3 is 14.8 Å². The topological polar surface area (TPSA) is 90.4 Å². The fraction of sp³-hybridized carbons (Fsp3) is 0.250. The Balaban J connectivity index is 1.30. The summed E-state index contributed by atoms with van der Waals surface area (Å²) in [6, 6.07) is 15.6. The van der Waals surface area contributed by atoms with Gasteiger partial charge in [0.05, 0.1) is 12.2 Å². The van der Waals surface area contributed by atoms with E-state index in [0.29, 0.717) is 12.3 Å². The lowest BCUT2D eigenvalue weighted by Crippen LogP contribution is -2.17. The molecule has 166 valence electrons. The maximum atomic E-state index is 12.9. The zero-order chi connectivity index (χ0) is 22.6. The number of rotatable bonds is 11. The van der Waals surface area contributed by atoms with Crippen LogP contribution in [0.5, 0.6) is 6.01 Å². The van der Waals surface area contributed by atoms with Gasteiger partial charge in [0.15, 0.2) is 6.61 Å². The highest BCUT2D eigenvalue weighted by Gasteiger charge is 2.10. The van der Waals surface area contributed by atoms with Crippen molar-refractivity contribution in [1.29, 1.82) is 0 Å². The molecule has 8 heteroatoms. The first-order valence-electron chi connectivity index (χ1n) is 10.3. The molecule has 7 nitrogen and oxygen atoms in total. The molecule has 3 rings (SSSR count). The molecule has 3 aromatic rings. The average Bonchev–Trinajstić information content (AvgIpc) is 2.82. The molecule has 0 aliphatic heterocycles. The largest absolute Gasteiger partial charge is 0.463 e. The third-order valence-electron chi connectivity index (χ3n) is 4.53. The van der Waals surface area contributed by atoms with Gasteiger partial charge in [0.25, 0.3) is 5.91 Å². The summed E-state index contributed by atoms with van der Waals surface area (Å²) < 4.78 is 23.3. The lowest BCUT2D eigenvalue weighted by Gasteiger charge is -2.07. The van der Waals surface area contributed by atoms with Crippen molar-refractivity contribution >= 4 is 17.6 Å². The number of benzene rings is 2. The summed E-state index contributed by atoms with van der Waals surface area (Å²) in [6.45, 7) is 0.0193. The first-order chi connectivity index (χ1) is 15.6. The molecular weight excluding hydrogens is 413 g/mol. The Morgan fingerprint density at radius 3 is 2.34 bits per heavy atom. The lowest BCUT2D eigenvalue weighted by atomic mass is 10.1. The second-order valence-electron chi connectivity index (χ2n) is 7.02. The number of halogens is 1. The predicted molar refractivity (Wildman–Crippen MR) is 117 cm³/mol. The van der Waals surface area contributed by atoms with Crippen molar-refractivity contribution in [1.82, 2.24) is 9.97 Å². The summed E-state index contributed by atoms with van der Waals surface area (Å²) in [5.74, 6) is -1.35. The monoisotopic (exact) mass is 437 g/mol. The molecule has 1 amide bonds. The van der Waals surface area contributed by atoms with E-state index in [1.54, 1.807) is 0 Å². The molecule has 0 aliphatic rings. The minimum Gasteiger partial charge on any atom is -0.463 e. The molecule has 1 heterocycles. The number of aromatic nitrogens is 2. The standard InChI is InChI=1S/C24H24FN3O4/c25-20-10-12-21(13-11-20)28-23(30)19-15-26-24(27-16-19)32-17-22(29)31-14-6-2-5-9-18-7-3-1-4-8-18/h1,3-4,7-8,10-13,15-16H,2,5-6,9,14,17H2,(H,28,30). The molecule has 0 radical (unpaired) electrons. The molecule has 0 unspecified atom stereocenters. The average molecular weight is 437 g/mol. The highest BCUT2D eigenvalue weighted by Crippen LogP contribution is 2.11. The minimum atomic E-state index is -0.505. The SMILES string of the molecule is O=C(COc1ncc(C(=O)Nc2ccc(F)cc2)cn1)OCCCCCc1ccccc1. The Morgan fingerprint density at radius 2 is 1.62 bits per heavy atom. The van der Waals surface area contributed by atoms with Crippen molar-refractivity contribution < 1.29 is 23.5 Å². The van der Waals surface area contributed by atoms with Crippen LogP contribution in [0.4, 0.5) is 10.1 Å². The second kappa shape index (κ2) is 12.1. The number of aryl methyl sites for hydroxylation is 1. The van der Waals surface area contributed by atoms with E-state index in [9.17, 15) is 14.0 Å². The summed E-state index contributed by atoms with van der Waals surface area (Å²) in [5, 5.41) is 2.60. The number of anilines is 1. The number of carbonyl (C=O) groups is 2. The quantitative estimate of drug-likeness (QED) is 0.357. The van der Waals surface area contributed by atoms with Gasteiger partial charge in [-0.15, -0.1) is 0 Å². The molecule has 1 aromatic heterocycles. The number of ether oxygens (including phenoxy) is 2. The van der Waals surface area contributed by atoms with Crippen molar-refractivity contribution in [3.05, 3.63) is 83.9 Å². The Hall–Kier alpha value is -3.81. The van der Waals surface area contributed by atoms with E-state index in [0.717, 1.165) is 25.7 Å². The van der Waals surface area contributed by atoms with E-state index in [2.05, 4.69) is 27.4 Å². The van der Waals surface area contributed by atoms with Crippen LogP contribution < -0.4 is 10.1 Å². The summed E-state index contributed by atoms with van der Waals surface area (Å²) in [4.78, 5) is 31.8. The van der Waals surface area contributed by atoms with Gasteiger partial charge >= 0.3 is 12.0 Å². The zero-order valence-corrected chi connectivity index (χ0v) is 17.5. The van der Waals surface area contributed by atoms with Crippen LogP contribution in [0.1, 0.15) is 35.2 Å². The molecule has 1 N–H and O–H groups in total. The van der Waals surface area contributed by atoms with E-state index in [-0.39, 0.29) is 18.2 Å². The van der Waals surface area contributed by atoms with E-state index < -0.39 is 17.7 Å². The smallest absolute Gasteiger partial charge is 0.344 e. The zero-order valence-electron chi connectivity index (χ0n) is 17.5. The minimum absolute atomic E-state index is 0.0388. The van der Waals surface area contributed by atoms with Crippen molar-refractivity contribution in [3.63, 3.8) is 0 Å². The molecule has 0 saturated heterocycles. The van der Waals surface area contributed by atoms with E-state index in [1.165, 1.54) is 42.2 Å². The molecule has 0 fully saturated rings. The summed E-state index contributed by atoms with van der Waals surface area (Å²) in [6.07, 6.45) is 6.35. The van der Waals surface area contributed by atoms with Crippen LogP contribution in [0, 0.1) is 5.82 Å². The van der Waals surface area contributed by atoms with E-state index >= 15 is 0 Å². The van der Waals surface area contributed by atoms with E-state index in [4.69, 9.17) is 9.47 Å². The second-order valence-corrected chi connectivity index (χ2v) is 7.02. The predicted octanol–water partition coefficient (Wildman–Crippen LogP) is 4.20. The van der Waals surface area contributed by atoms with Crippen LogP contribution in [0.15, 0.2) is 67.0 Å². The molecule has 32 heavy (non-hydrogen) atoms. The van der Waals surface area contributed by atoms with Crippen LogP contribution in [0.3, 0.4) is 0 Å². The van der Waals surface area contributed by atoms with Gasteiger partial charge in [-0.2, -0.15) is 0 Å². The Bertz CT molecular complexity index is 996. The highest BCUT2D eigenvalue weighted by atomic mass is 19.1. The number of esters is 1. The molecule has 0 aliphatic carbocycles. The highest BCUT2D eigenvalue weighted by molar-refractivity contribution is 6.03. The van der Waals surface area contributed by atoms with Gasteiger partial charge in [0.1, 0.15) is 5.82 Å². The van der Waals surface area contributed by atoms with Crippen LogP contribution in [-0.4, -0.2) is 35.1 Å². The molecule has 0 spiro atoms. The lowest BCUT2D eigenvalue weighted by molar-refractivity contribution is -0.146. The fourth-order valence-electron chi connectivity index (χ4n) is 2.85. The van der Waals surface area contributed by atoms with Crippen molar-refractivity contribution in [2.24, 2.45) is 0 Å². The molecule has 0 saturated carbocycles. The van der Waals surface area contributed by atoms with Gasteiger partial charge in [0.2, 0.25) is 0 Å². The molecular formula is C24H24FN3O4. The number of amides is 1. The number of hydrogen-bond acceptors (Lipinski definition) is 6. The van der Waals surface area contributed by atoms with Crippen molar-refractivity contribution in [3.8, 4) is 6.01 Å². The van der Waals surface area contributed by atoms with Gasteiger partial charge in [0, 0.05) is 18.1 Å². The fourth-order valence-corrected chi connectivity index (χ4v) is 2.85. The van der Waals surface area contributed by atoms with Crippen molar-refractivity contribution in [2.45, 2.75) is 25.7 Å². The third-order valence-corrected chi connectivity index (χ3v) is 4.53. The summed E-state index contributed by atoms with van der Waals surface area (Å²) in [5.41, 5.74) is 1.94. The van der Waals surface area contributed by atoms with Gasteiger partial charge in [-0.1, -0.05) is 30.3 Å². The number of hydrogen-bond donors (Lipinski definition) is 1. The Kier molecular flexibility index (Phi) is 8.68. The number of unbranched alkanes of at least 4 members (excludes halogenated alkanes) is 2. The molecule has 0 bridgehead atoms. The first kappa shape index (κ1) is 22.9. The van der Waals surface area contributed by atoms with Crippen molar-refractivity contribution in [2.75, 3.05) is 18.5 Å². The Labute approximate surface area is 185 Å². The first-order valence-corrected chi connectivity index (χ1v) is 10.3. The summed E-state index contributed by atoms with van der Waals surface area (Å²) >= 11 is 0. The third kappa shape index (κ3) is 7.79. The van der Waals surface area contributed by atoms with Crippen LogP contribution in [0.25, 0.3) is 0 Å². The number of nitrogens with zero attached hydrogens (tertiary/aromatic N) is 2. The van der Waals surface area contributed by atoms with Crippen LogP contribution in [0.2, 0.25) is 0 Å². The van der Waals surface area contributed by atoms with Crippen LogP contribution in [-0.2, 0) is 16.0 Å². The summed E-state index contributed by atoms with van der Waals surface area (Å²) in [7, 11) is 0. The molecule has 2 aromatic carbocycles. The van der Waals surface area contributed by atoms with Gasteiger partial charge in [-0.3, -0.25) is 4.79 Å². The van der Waals surface area contributed by atoms with Gasteiger partial charge in [-0.25, -0.2) is 19.2 Å². The number of carbonyl (C=O) groups excluding carboxylic acids is 2. The normalized spacial score (nSPS) is 10.4. The maximum Gasteiger partial charge on any atom is 0.344 e. The maximum absolute atomic E-state index is 12.9. The van der Waals surface area contributed by atoms with Crippen LogP contribution >= 0.6 is 0 Å². The number of nitrogens with one attached hydrogen (secondary N) is 1. The van der Waals surface area contributed by atoms with Gasteiger partial charge in [-0.05, 0) is 55.5 Å². The van der Waals surface area contributed by atoms with E-state index in [1.807, 2.05) is 18.2 Å².